The van der Waals surface area contributed by atoms with Crippen molar-refractivity contribution in [2.75, 3.05) is 6.54 Å². The highest BCUT2D eigenvalue weighted by molar-refractivity contribution is 5.94. The Balaban J connectivity index is 1.22. The number of aromatic amines is 2. The zero-order valence-corrected chi connectivity index (χ0v) is 18.1. The van der Waals surface area contributed by atoms with Crippen molar-refractivity contribution in [3.05, 3.63) is 103 Å². The molecule has 0 spiro atoms. The van der Waals surface area contributed by atoms with Gasteiger partial charge in [0.1, 0.15) is 0 Å². The lowest BCUT2D eigenvalue weighted by Gasteiger charge is -2.05. The third-order valence-electron chi connectivity index (χ3n) is 6.36. The number of rotatable bonds is 6. The number of H-pyrrole nitrogens is 2. The molecule has 33 heavy (non-hydrogen) atoms. The van der Waals surface area contributed by atoms with E-state index in [2.05, 4.69) is 62.4 Å². The molecule has 6 rings (SSSR count). The highest BCUT2D eigenvalue weighted by Gasteiger charge is 2.15. The molecule has 0 aliphatic heterocycles. The maximum absolute atomic E-state index is 12.8. The Kier molecular flexibility index (Phi) is 4.73. The summed E-state index contributed by atoms with van der Waals surface area (Å²) < 4.78 is 2.18. The van der Waals surface area contributed by atoms with E-state index in [1.807, 2.05) is 48.8 Å². The molecule has 3 aromatic carbocycles. The van der Waals surface area contributed by atoms with Gasteiger partial charge in [-0.15, -0.1) is 0 Å². The normalized spacial score (nSPS) is 11.5. The van der Waals surface area contributed by atoms with Gasteiger partial charge >= 0.3 is 0 Å². The van der Waals surface area contributed by atoms with Gasteiger partial charge in [-0.3, -0.25) is 4.79 Å². The number of hydrogen-bond acceptors (Lipinski definition) is 1. The van der Waals surface area contributed by atoms with Crippen LogP contribution in [0.4, 0.5) is 0 Å². The zero-order valence-electron chi connectivity index (χ0n) is 18.1. The molecule has 0 aliphatic rings. The predicted octanol–water partition coefficient (Wildman–Crippen LogP) is 5.49. The number of para-hydroxylation sites is 3. The van der Waals surface area contributed by atoms with Crippen molar-refractivity contribution in [1.29, 1.82) is 0 Å². The van der Waals surface area contributed by atoms with Gasteiger partial charge in [0, 0.05) is 52.3 Å². The Morgan fingerprint density at radius 3 is 2.27 bits per heavy atom. The molecule has 3 aromatic heterocycles. The average molecular weight is 433 g/mol. The first-order chi connectivity index (χ1) is 16.3. The van der Waals surface area contributed by atoms with Crippen molar-refractivity contribution in [2.24, 2.45) is 0 Å². The summed E-state index contributed by atoms with van der Waals surface area (Å²) in [5.41, 5.74) is 6.67. The molecular weight excluding hydrogens is 408 g/mol. The van der Waals surface area contributed by atoms with E-state index in [-0.39, 0.29) is 5.91 Å². The second-order valence-corrected chi connectivity index (χ2v) is 8.40. The SMILES string of the molecule is O=C(Cc1cn(-c2c[nH]c3ccccc23)c2ccccc12)NCCc1c[nH]c2ccccc12. The van der Waals surface area contributed by atoms with E-state index in [1.54, 1.807) is 0 Å². The van der Waals surface area contributed by atoms with Crippen LogP contribution in [0.1, 0.15) is 11.1 Å². The molecule has 5 nitrogen and oxygen atoms in total. The van der Waals surface area contributed by atoms with Crippen LogP contribution in [-0.4, -0.2) is 27.0 Å². The number of amides is 1. The van der Waals surface area contributed by atoms with Crippen LogP contribution in [0.3, 0.4) is 0 Å². The van der Waals surface area contributed by atoms with E-state index in [4.69, 9.17) is 0 Å². The Bertz CT molecular complexity index is 1600. The van der Waals surface area contributed by atoms with Crippen LogP contribution >= 0.6 is 0 Å². The monoisotopic (exact) mass is 432 g/mol. The lowest BCUT2D eigenvalue weighted by Crippen LogP contribution is -2.27. The van der Waals surface area contributed by atoms with Gasteiger partial charge in [-0.05, 0) is 35.7 Å². The summed E-state index contributed by atoms with van der Waals surface area (Å²) in [5, 5.41) is 6.59. The second kappa shape index (κ2) is 8.02. The van der Waals surface area contributed by atoms with Crippen LogP contribution in [-0.2, 0) is 17.6 Å². The van der Waals surface area contributed by atoms with Crippen molar-refractivity contribution >= 4 is 38.6 Å². The van der Waals surface area contributed by atoms with E-state index in [9.17, 15) is 4.79 Å². The minimum Gasteiger partial charge on any atom is -0.361 e. The van der Waals surface area contributed by atoms with Crippen molar-refractivity contribution in [3.63, 3.8) is 0 Å². The van der Waals surface area contributed by atoms with Gasteiger partial charge in [-0.25, -0.2) is 0 Å². The minimum absolute atomic E-state index is 0.0386. The van der Waals surface area contributed by atoms with Crippen LogP contribution in [0.2, 0.25) is 0 Å². The number of carbonyl (C=O) groups excluding carboxylic acids is 1. The van der Waals surface area contributed by atoms with E-state index < -0.39 is 0 Å². The van der Waals surface area contributed by atoms with Crippen molar-refractivity contribution in [1.82, 2.24) is 19.9 Å². The summed E-state index contributed by atoms with van der Waals surface area (Å²) in [6, 6.07) is 24.8. The van der Waals surface area contributed by atoms with Gasteiger partial charge in [-0.2, -0.15) is 0 Å². The first-order valence-electron chi connectivity index (χ1n) is 11.2. The summed E-state index contributed by atoms with van der Waals surface area (Å²) in [5.74, 6) is 0.0386. The Labute approximate surface area is 191 Å². The third kappa shape index (κ3) is 3.48. The second-order valence-electron chi connectivity index (χ2n) is 8.40. The highest BCUT2D eigenvalue weighted by Crippen LogP contribution is 2.29. The third-order valence-corrected chi connectivity index (χ3v) is 6.36. The molecule has 3 N–H and O–H groups in total. The average Bonchev–Trinajstić information content (AvgIpc) is 3.55. The first-order valence-corrected chi connectivity index (χ1v) is 11.2. The number of benzene rings is 3. The number of hydrogen-bond donors (Lipinski definition) is 3. The van der Waals surface area contributed by atoms with Gasteiger partial charge < -0.3 is 19.9 Å². The molecule has 0 bridgehead atoms. The van der Waals surface area contributed by atoms with Crippen LogP contribution in [0.25, 0.3) is 38.4 Å². The van der Waals surface area contributed by atoms with E-state index in [0.717, 1.165) is 45.0 Å². The van der Waals surface area contributed by atoms with Crippen molar-refractivity contribution < 1.29 is 4.79 Å². The quantitative estimate of drug-likeness (QED) is 0.320. The first kappa shape index (κ1) is 19.4. The van der Waals surface area contributed by atoms with E-state index in [1.165, 1.54) is 10.9 Å². The fourth-order valence-electron chi connectivity index (χ4n) is 4.76. The number of nitrogens with zero attached hydrogens (tertiary/aromatic N) is 1. The smallest absolute Gasteiger partial charge is 0.224 e. The Morgan fingerprint density at radius 1 is 0.758 bits per heavy atom. The molecule has 0 saturated heterocycles. The number of fused-ring (bicyclic) bond motifs is 3. The molecule has 162 valence electrons. The number of nitrogens with one attached hydrogen (secondary N) is 3. The van der Waals surface area contributed by atoms with Crippen molar-refractivity contribution in [3.8, 4) is 5.69 Å². The predicted molar refractivity (Wildman–Crippen MR) is 134 cm³/mol. The van der Waals surface area contributed by atoms with Crippen LogP contribution in [0.5, 0.6) is 0 Å². The van der Waals surface area contributed by atoms with Gasteiger partial charge in [0.2, 0.25) is 5.91 Å². The summed E-state index contributed by atoms with van der Waals surface area (Å²) in [7, 11) is 0. The van der Waals surface area contributed by atoms with E-state index >= 15 is 0 Å². The molecule has 0 radical (unpaired) electrons. The molecule has 0 unspecified atom stereocenters. The van der Waals surface area contributed by atoms with Gasteiger partial charge in [0.25, 0.3) is 0 Å². The van der Waals surface area contributed by atoms with Gasteiger partial charge in [-0.1, -0.05) is 54.6 Å². The summed E-state index contributed by atoms with van der Waals surface area (Å²) in [6.45, 7) is 0.613. The zero-order chi connectivity index (χ0) is 22.2. The molecule has 5 heteroatoms. The largest absolute Gasteiger partial charge is 0.361 e. The van der Waals surface area contributed by atoms with Crippen LogP contribution < -0.4 is 5.32 Å². The molecule has 0 atom stereocenters. The maximum Gasteiger partial charge on any atom is 0.224 e. The molecule has 6 aromatic rings. The fourth-order valence-corrected chi connectivity index (χ4v) is 4.76. The molecule has 0 saturated carbocycles. The molecule has 3 heterocycles. The molecular formula is C28H24N4O. The van der Waals surface area contributed by atoms with Crippen molar-refractivity contribution in [2.45, 2.75) is 12.8 Å². The summed E-state index contributed by atoms with van der Waals surface area (Å²) in [6.07, 6.45) is 7.31. The lowest BCUT2D eigenvalue weighted by molar-refractivity contribution is -0.120. The van der Waals surface area contributed by atoms with Crippen LogP contribution in [0.15, 0.2) is 91.4 Å². The maximum atomic E-state index is 12.8. The standard InChI is InChI=1S/C28H24N4O/c33-28(29-14-13-19-16-30-24-10-4-1-7-21(19)24)15-20-18-32(26-12-6-3-8-22(20)26)27-17-31-25-11-5-2-9-23(25)27/h1-12,16-18,30-31H,13-15H2,(H,29,33). The molecule has 1 amide bonds. The molecule has 0 fully saturated rings. The van der Waals surface area contributed by atoms with Gasteiger partial charge in [0.05, 0.1) is 17.6 Å². The highest BCUT2D eigenvalue weighted by atomic mass is 16.1. The summed E-state index contributed by atoms with van der Waals surface area (Å²) in [4.78, 5) is 19.5. The lowest BCUT2D eigenvalue weighted by atomic mass is 10.1. The fraction of sp³-hybridized carbons (Fsp3) is 0.107. The number of aromatic nitrogens is 3. The van der Waals surface area contributed by atoms with Gasteiger partial charge in [0.15, 0.2) is 0 Å². The number of carbonyl (C=O) groups is 1. The van der Waals surface area contributed by atoms with Crippen LogP contribution in [0, 0.1) is 0 Å². The molecule has 0 aliphatic carbocycles. The Hall–Kier alpha value is -4.25. The Morgan fingerprint density at radius 2 is 1.42 bits per heavy atom. The summed E-state index contributed by atoms with van der Waals surface area (Å²) >= 11 is 0. The topological polar surface area (TPSA) is 65.6 Å². The van der Waals surface area contributed by atoms with E-state index in [0.29, 0.717) is 13.0 Å². The minimum atomic E-state index is 0.0386.